The van der Waals surface area contributed by atoms with Crippen molar-refractivity contribution >= 4 is 61.7 Å². The number of halogens is 2. The molecule has 0 atom stereocenters. The van der Waals surface area contributed by atoms with Gasteiger partial charge in [0, 0.05) is 23.2 Å². The molecule has 8 heteroatoms. The number of aromatic nitrogens is 4. The van der Waals surface area contributed by atoms with Crippen molar-refractivity contribution in [3.8, 4) is 0 Å². The average Bonchev–Trinajstić information content (AvgIpc) is 3.52. The number of hydrogen-bond acceptors (Lipinski definition) is 2. The Morgan fingerprint density at radius 1 is 0.674 bits per heavy atom. The first-order valence-electron chi connectivity index (χ1n) is 16.0. The zero-order valence-corrected chi connectivity index (χ0v) is 32.1. The summed E-state index contributed by atoms with van der Waals surface area (Å²) in [4.78, 5) is 9.43. The summed E-state index contributed by atoms with van der Waals surface area (Å²) in [5.74, 6) is 0. The number of nitrogens with zero attached hydrogens (tertiary/aromatic N) is 4. The third-order valence-corrected chi connectivity index (χ3v) is 24.3. The van der Waals surface area contributed by atoms with Crippen molar-refractivity contribution in [1.82, 2.24) is 18.4 Å². The monoisotopic (exact) mass is 656 g/mol. The predicted molar refractivity (Wildman–Crippen MR) is 196 cm³/mol. The largest absolute Gasteiger partial charge is 0.359 e. The molecule has 0 unspecified atom stereocenters. The maximum Gasteiger partial charge on any atom is 0.171 e. The van der Waals surface area contributed by atoms with Crippen LogP contribution in [-0.4, -0.2) is 34.9 Å². The fraction of sp³-hybridized carbons (Fsp3) is 0.543. The highest BCUT2D eigenvalue weighted by molar-refractivity contribution is 6.83. The summed E-state index contributed by atoms with van der Waals surface area (Å²) in [5, 5.41) is 3.78. The summed E-state index contributed by atoms with van der Waals surface area (Å²) in [6.45, 7) is 32.2. The molecule has 4 heterocycles. The van der Waals surface area contributed by atoms with Crippen molar-refractivity contribution in [2.24, 2.45) is 0 Å². The molecule has 0 amide bonds. The molecule has 0 aliphatic heterocycles. The van der Waals surface area contributed by atoms with E-state index < -0.39 is 16.5 Å². The van der Waals surface area contributed by atoms with Crippen LogP contribution in [0.25, 0.3) is 22.1 Å². The molecule has 0 N–H and O–H groups in total. The molecular weight excluding hydrogens is 603 g/mol. The molecule has 0 aliphatic rings. The van der Waals surface area contributed by atoms with E-state index in [1.165, 1.54) is 0 Å². The molecule has 4 nitrogen and oxygen atoms in total. The average molecular weight is 658 g/mol. The van der Waals surface area contributed by atoms with Gasteiger partial charge in [-0.05, 0) is 75.8 Å². The van der Waals surface area contributed by atoms with Crippen molar-refractivity contribution in [1.29, 1.82) is 0 Å². The van der Waals surface area contributed by atoms with E-state index in [4.69, 9.17) is 28.2 Å². The Morgan fingerprint density at radius 3 is 1.51 bits per heavy atom. The fourth-order valence-electron chi connectivity index (χ4n) is 8.69. The van der Waals surface area contributed by atoms with Gasteiger partial charge in [-0.3, -0.25) is 0 Å². The van der Waals surface area contributed by atoms with Gasteiger partial charge in [-0.2, -0.15) is 0 Å². The summed E-state index contributed by atoms with van der Waals surface area (Å²) in [7, 11) is -3.54. The topological polar surface area (TPSA) is 35.6 Å². The third kappa shape index (κ3) is 6.06. The lowest BCUT2D eigenvalue weighted by atomic mass is 10.2. The molecule has 0 saturated heterocycles. The second-order valence-electron chi connectivity index (χ2n) is 13.9. The van der Waals surface area contributed by atoms with Gasteiger partial charge in [0.1, 0.15) is 11.3 Å². The Hall–Kier alpha value is -1.87. The van der Waals surface area contributed by atoms with Gasteiger partial charge in [0.05, 0.1) is 10.0 Å². The minimum atomic E-state index is -1.80. The second kappa shape index (κ2) is 14.1. The van der Waals surface area contributed by atoms with E-state index in [0.717, 1.165) is 44.1 Å². The van der Waals surface area contributed by atoms with Crippen LogP contribution < -0.4 is 0 Å². The lowest BCUT2D eigenvalue weighted by Crippen LogP contribution is -2.51. The highest BCUT2D eigenvalue weighted by atomic mass is 35.5. The second-order valence-corrected chi connectivity index (χ2v) is 26.2. The van der Waals surface area contributed by atoms with E-state index in [1.807, 2.05) is 24.5 Å². The highest BCUT2D eigenvalue weighted by Gasteiger charge is 2.47. The third-order valence-electron chi connectivity index (χ3n) is 10.0. The molecule has 0 saturated carbocycles. The molecule has 0 radical (unpaired) electrons. The summed E-state index contributed by atoms with van der Waals surface area (Å²) in [6, 6.07) is 6.14. The Bertz CT molecular complexity index is 1490. The summed E-state index contributed by atoms with van der Waals surface area (Å²) < 4.78 is 5.00. The summed E-state index contributed by atoms with van der Waals surface area (Å²) in [5.41, 5.74) is 7.00. The van der Waals surface area contributed by atoms with Crippen LogP contribution in [0.15, 0.2) is 55.6 Å². The van der Waals surface area contributed by atoms with Crippen LogP contribution in [0.1, 0.15) is 88.6 Å². The molecule has 4 rings (SSSR count). The van der Waals surface area contributed by atoms with E-state index >= 15 is 0 Å². The van der Waals surface area contributed by atoms with Crippen molar-refractivity contribution < 1.29 is 0 Å². The van der Waals surface area contributed by atoms with Crippen molar-refractivity contribution in [3.05, 3.63) is 71.3 Å². The van der Waals surface area contributed by atoms with Crippen molar-refractivity contribution in [2.45, 2.75) is 123 Å². The normalized spacial score (nSPS) is 12.9. The fourth-order valence-corrected chi connectivity index (χ4v) is 22.3. The van der Waals surface area contributed by atoms with Crippen molar-refractivity contribution in [3.63, 3.8) is 0 Å². The van der Waals surface area contributed by atoms with Gasteiger partial charge in [0.2, 0.25) is 0 Å². The molecule has 0 bridgehead atoms. The zero-order valence-electron chi connectivity index (χ0n) is 28.5. The Labute approximate surface area is 273 Å². The van der Waals surface area contributed by atoms with Crippen LogP contribution in [0.4, 0.5) is 0 Å². The SMILES string of the molecule is C=CCc1cnc2c(ccn2[Si](C(C)C)(C(C)C)C(C)C)c1Cl.CC(C)[Si](C(C)C)(C(C)C)n1ccc2c(Cl)ccnc21. The Balaban J connectivity index is 0.000000238. The number of allylic oxidation sites excluding steroid dienone is 1. The molecule has 0 aromatic carbocycles. The van der Waals surface area contributed by atoms with E-state index in [2.05, 4.69) is 128 Å². The molecular formula is C35H54Cl2N4Si2. The Kier molecular flexibility index (Phi) is 11.6. The first-order chi connectivity index (χ1) is 20.1. The van der Waals surface area contributed by atoms with Gasteiger partial charge in [0.15, 0.2) is 16.5 Å². The van der Waals surface area contributed by atoms with Crippen LogP contribution in [0.2, 0.25) is 43.3 Å². The van der Waals surface area contributed by atoms with Gasteiger partial charge >= 0.3 is 0 Å². The van der Waals surface area contributed by atoms with Crippen LogP contribution in [-0.2, 0) is 6.42 Å². The van der Waals surface area contributed by atoms with Gasteiger partial charge in [-0.15, -0.1) is 6.58 Å². The number of fused-ring (bicyclic) bond motifs is 2. The predicted octanol–water partition coefficient (Wildman–Crippen LogP) is 12.2. The maximum absolute atomic E-state index is 6.64. The quantitative estimate of drug-likeness (QED) is 0.126. The standard InChI is InChI=1S/C19H29ClN2Si.C16H25ClN2Si/c1-8-9-16-12-21-19-17(18(16)20)10-11-22(19)23(13(2)3,14(4)5)15(6)7;1-11(2)20(12(3)4,13(5)6)19-10-8-14-15(17)7-9-18-16(14)19/h8,10-15H,1,9H2,2-7H3;7-13H,1-6H3. The van der Waals surface area contributed by atoms with E-state index in [9.17, 15) is 0 Å². The van der Waals surface area contributed by atoms with Gasteiger partial charge < -0.3 is 8.47 Å². The number of rotatable bonds is 10. The minimum absolute atomic E-state index is 0.631. The molecule has 43 heavy (non-hydrogen) atoms. The zero-order chi connectivity index (χ0) is 32.4. The molecule has 0 aliphatic carbocycles. The molecule has 0 spiro atoms. The highest BCUT2D eigenvalue weighted by Crippen LogP contribution is 2.45. The summed E-state index contributed by atoms with van der Waals surface area (Å²) in [6.07, 6.45) is 10.8. The van der Waals surface area contributed by atoms with Gasteiger partial charge in [0.25, 0.3) is 0 Å². The first-order valence-corrected chi connectivity index (χ1v) is 21.1. The van der Waals surface area contributed by atoms with E-state index in [-0.39, 0.29) is 0 Å². The maximum atomic E-state index is 6.64. The molecule has 4 aromatic rings. The first kappa shape index (κ1) is 35.6. The molecule has 236 valence electrons. The molecule has 4 aromatic heterocycles. The van der Waals surface area contributed by atoms with Gasteiger partial charge in [-0.25, -0.2) is 9.97 Å². The summed E-state index contributed by atoms with van der Waals surface area (Å²) >= 11 is 13.0. The van der Waals surface area contributed by atoms with Crippen LogP contribution in [0.5, 0.6) is 0 Å². The van der Waals surface area contributed by atoms with Crippen LogP contribution >= 0.6 is 23.2 Å². The lowest BCUT2D eigenvalue weighted by molar-refractivity contribution is 0.770. The lowest BCUT2D eigenvalue weighted by Gasteiger charge is -2.44. The minimum Gasteiger partial charge on any atom is -0.359 e. The number of hydrogen-bond donors (Lipinski definition) is 0. The van der Waals surface area contributed by atoms with E-state index in [0.29, 0.717) is 33.2 Å². The number of pyridine rings is 2. The van der Waals surface area contributed by atoms with Crippen LogP contribution in [0, 0.1) is 0 Å². The van der Waals surface area contributed by atoms with Crippen LogP contribution in [0.3, 0.4) is 0 Å². The molecule has 0 fully saturated rings. The van der Waals surface area contributed by atoms with Gasteiger partial charge in [-0.1, -0.05) is 112 Å². The van der Waals surface area contributed by atoms with Crippen molar-refractivity contribution in [2.75, 3.05) is 0 Å². The Morgan fingerprint density at radius 2 is 1.09 bits per heavy atom. The smallest absolute Gasteiger partial charge is 0.171 e. The van der Waals surface area contributed by atoms with E-state index in [1.54, 1.807) is 0 Å².